The van der Waals surface area contributed by atoms with Crippen molar-refractivity contribution in [3.05, 3.63) is 16.6 Å². The van der Waals surface area contributed by atoms with Crippen LogP contribution in [0, 0.1) is 5.92 Å². The second-order valence-electron chi connectivity index (χ2n) is 3.60. The lowest BCUT2D eigenvalue weighted by Gasteiger charge is -2.12. The first kappa shape index (κ1) is 11.7. The van der Waals surface area contributed by atoms with Crippen molar-refractivity contribution >= 4 is 11.3 Å². The summed E-state index contributed by atoms with van der Waals surface area (Å²) in [5, 5.41) is 0. The van der Waals surface area contributed by atoms with Crippen molar-refractivity contribution < 1.29 is 0 Å². The SMILES string of the molecule is CC.C[C@@H]1CCN(Cc2cncs2)C1. The van der Waals surface area contributed by atoms with Gasteiger partial charge in [-0.25, -0.2) is 0 Å². The standard InChI is InChI=1S/C9H14N2S.C2H6/c1-8-2-3-11(5-8)6-9-4-10-7-12-9;1-2/h4,7-8H,2-3,5-6H2,1H3;1-2H3/t8-;/m1./s1. The van der Waals surface area contributed by atoms with Crippen molar-refractivity contribution in [3.8, 4) is 0 Å². The van der Waals surface area contributed by atoms with Crippen LogP contribution in [0.15, 0.2) is 11.7 Å². The zero-order valence-electron chi connectivity index (χ0n) is 9.36. The minimum atomic E-state index is 0.887. The summed E-state index contributed by atoms with van der Waals surface area (Å²) in [6.07, 6.45) is 3.34. The van der Waals surface area contributed by atoms with E-state index in [-0.39, 0.29) is 0 Å². The molecule has 0 radical (unpaired) electrons. The number of aromatic nitrogens is 1. The van der Waals surface area contributed by atoms with E-state index in [1.807, 2.05) is 25.6 Å². The van der Waals surface area contributed by atoms with Crippen LogP contribution in [-0.4, -0.2) is 23.0 Å². The number of hydrogen-bond acceptors (Lipinski definition) is 3. The molecule has 1 aromatic heterocycles. The van der Waals surface area contributed by atoms with Gasteiger partial charge in [0.05, 0.1) is 5.51 Å². The van der Waals surface area contributed by atoms with Crippen molar-refractivity contribution in [2.24, 2.45) is 5.92 Å². The van der Waals surface area contributed by atoms with E-state index in [4.69, 9.17) is 0 Å². The fourth-order valence-electron chi connectivity index (χ4n) is 1.71. The first-order valence-electron chi connectivity index (χ1n) is 5.44. The predicted octanol–water partition coefficient (Wildman–Crippen LogP) is 3.01. The molecule has 3 heteroatoms. The summed E-state index contributed by atoms with van der Waals surface area (Å²) in [5.74, 6) is 0.887. The molecule has 80 valence electrons. The maximum Gasteiger partial charge on any atom is 0.0794 e. The molecule has 1 fully saturated rings. The number of hydrogen-bond donors (Lipinski definition) is 0. The Bertz CT molecular complexity index is 233. The van der Waals surface area contributed by atoms with Crippen LogP contribution in [0.4, 0.5) is 0 Å². The van der Waals surface area contributed by atoms with Gasteiger partial charge in [0.15, 0.2) is 0 Å². The van der Waals surface area contributed by atoms with Crippen LogP contribution in [-0.2, 0) is 6.54 Å². The Morgan fingerprint density at radius 2 is 2.36 bits per heavy atom. The van der Waals surface area contributed by atoms with Gasteiger partial charge in [0.25, 0.3) is 0 Å². The van der Waals surface area contributed by atoms with Crippen LogP contribution >= 0.6 is 11.3 Å². The van der Waals surface area contributed by atoms with E-state index in [1.54, 1.807) is 11.3 Å². The average Bonchev–Trinajstić information content (AvgIpc) is 2.82. The first-order chi connectivity index (χ1) is 6.84. The Labute approximate surface area is 91.0 Å². The van der Waals surface area contributed by atoms with E-state index in [9.17, 15) is 0 Å². The van der Waals surface area contributed by atoms with E-state index in [0.717, 1.165) is 12.5 Å². The third-order valence-corrected chi connectivity index (χ3v) is 3.14. The van der Waals surface area contributed by atoms with E-state index in [1.165, 1.54) is 24.4 Å². The average molecular weight is 212 g/mol. The molecular weight excluding hydrogens is 192 g/mol. The molecule has 0 aromatic carbocycles. The van der Waals surface area contributed by atoms with Crippen LogP contribution in [0.25, 0.3) is 0 Å². The molecule has 14 heavy (non-hydrogen) atoms. The zero-order chi connectivity index (χ0) is 10.4. The summed E-state index contributed by atoms with van der Waals surface area (Å²) in [7, 11) is 0. The molecule has 0 aliphatic carbocycles. The molecule has 2 rings (SSSR count). The molecule has 0 spiro atoms. The smallest absolute Gasteiger partial charge is 0.0794 e. The highest BCUT2D eigenvalue weighted by Gasteiger charge is 2.18. The molecule has 0 bridgehead atoms. The largest absolute Gasteiger partial charge is 0.298 e. The van der Waals surface area contributed by atoms with Gasteiger partial charge in [-0.2, -0.15) is 0 Å². The molecule has 2 nitrogen and oxygen atoms in total. The van der Waals surface area contributed by atoms with Gasteiger partial charge in [-0.3, -0.25) is 9.88 Å². The summed E-state index contributed by atoms with van der Waals surface area (Å²) in [6, 6.07) is 0. The third kappa shape index (κ3) is 3.39. The Morgan fingerprint density at radius 1 is 1.57 bits per heavy atom. The highest BCUT2D eigenvalue weighted by Crippen LogP contribution is 2.18. The summed E-state index contributed by atoms with van der Waals surface area (Å²) in [5.41, 5.74) is 1.91. The Kier molecular flexibility index (Phi) is 5.12. The molecule has 2 heterocycles. The minimum Gasteiger partial charge on any atom is -0.298 e. The number of nitrogens with zero attached hydrogens (tertiary/aromatic N) is 2. The van der Waals surface area contributed by atoms with E-state index >= 15 is 0 Å². The fourth-order valence-corrected chi connectivity index (χ4v) is 2.35. The van der Waals surface area contributed by atoms with Gasteiger partial charge in [0.1, 0.15) is 0 Å². The number of likely N-dealkylation sites (tertiary alicyclic amines) is 1. The van der Waals surface area contributed by atoms with Gasteiger partial charge < -0.3 is 0 Å². The molecule has 0 amide bonds. The lowest BCUT2D eigenvalue weighted by Crippen LogP contribution is -2.18. The predicted molar refractivity (Wildman–Crippen MR) is 62.5 cm³/mol. The molecule has 1 aliphatic rings. The highest BCUT2D eigenvalue weighted by molar-refractivity contribution is 7.09. The monoisotopic (exact) mass is 212 g/mol. The maximum absolute atomic E-state index is 4.08. The molecule has 1 atom stereocenters. The lowest BCUT2D eigenvalue weighted by molar-refractivity contribution is 0.323. The molecule has 0 N–H and O–H groups in total. The van der Waals surface area contributed by atoms with Gasteiger partial charge in [0, 0.05) is 24.2 Å². The molecule has 1 aliphatic heterocycles. The van der Waals surface area contributed by atoms with E-state index < -0.39 is 0 Å². The van der Waals surface area contributed by atoms with Crippen LogP contribution in [0.5, 0.6) is 0 Å². The van der Waals surface area contributed by atoms with Crippen LogP contribution < -0.4 is 0 Å². The van der Waals surface area contributed by atoms with Crippen LogP contribution in [0.1, 0.15) is 32.1 Å². The van der Waals surface area contributed by atoms with Crippen molar-refractivity contribution in [2.45, 2.75) is 33.7 Å². The number of rotatable bonds is 2. The highest BCUT2D eigenvalue weighted by atomic mass is 32.1. The van der Waals surface area contributed by atoms with Gasteiger partial charge in [0.2, 0.25) is 0 Å². The molecule has 0 unspecified atom stereocenters. The van der Waals surface area contributed by atoms with Crippen molar-refractivity contribution in [1.29, 1.82) is 0 Å². The normalized spacial score (nSPS) is 21.8. The van der Waals surface area contributed by atoms with E-state index in [2.05, 4.69) is 16.8 Å². The van der Waals surface area contributed by atoms with Gasteiger partial charge in [-0.05, 0) is 18.9 Å². The summed E-state index contributed by atoms with van der Waals surface area (Å²) in [6.45, 7) is 9.96. The van der Waals surface area contributed by atoms with Crippen molar-refractivity contribution in [3.63, 3.8) is 0 Å². The quantitative estimate of drug-likeness (QED) is 0.749. The molecule has 1 aromatic rings. The van der Waals surface area contributed by atoms with Crippen LogP contribution in [0.3, 0.4) is 0 Å². The molecule has 1 saturated heterocycles. The van der Waals surface area contributed by atoms with Crippen molar-refractivity contribution in [2.75, 3.05) is 13.1 Å². The maximum atomic E-state index is 4.08. The summed E-state index contributed by atoms with van der Waals surface area (Å²) < 4.78 is 0. The van der Waals surface area contributed by atoms with Gasteiger partial charge in [-0.1, -0.05) is 20.8 Å². The Morgan fingerprint density at radius 3 is 2.86 bits per heavy atom. The first-order valence-corrected chi connectivity index (χ1v) is 6.32. The second-order valence-corrected chi connectivity index (χ2v) is 4.57. The topological polar surface area (TPSA) is 16.1 Å². The summed E-state index contributed by atoms with van der Waals surface area (Å²) >= 11 is 1.76. The van der Waals surface area contributed by atoms with Crippen molar-refractivity contribution in [1.82, 2.24) is 9.88 Å². The number of thiazole rings is 1. The van der Waals surface area contributed by atoms with Gasteiger partial charge >= 0.3 is 0 Å². The Hall–Kier alpha value is -0.410. The Balaban J connectivity index is 0.000000461. The minimum absolute atomic E-state index is 0.887. The van der Waals surface area contributed by atoms with E-state index in [0.29, 0.717) is 0 Å². The lowest BCUT2D eigenvalue weighted by atomic mass is 10.2. The molecule has 0 saturated carbocycles. The second kappa shape index (κ2) is 6.14. The summed E-state index contributed by atoms with van der Waals surface area (Å²) in [4.78, 5) is 7.98. The molecular formula is C11H20N2S. The fraction of sp³-hybridized carbons (Fsp3) is 0.727. The van der Waals surface area contributed by atoms with Crippen LogP contribution in [0.2, 0.25) is 0 Å². The van der Waals surface area contributed by atoms with Gasteiger partial charge in [-0.15, -0.1) is 11.3 Å². The third-order valence-electron chi connectivity index (χ3n) is 2.37. The zero-order valence-corrected chi connectivity index (χ0v) is 10.2.